The molecule has 5 amide bonds. The van der Waals surface area contributed by atoms with Crippen LogP contribution in [0, 0.1) is 0 Å². The standard InChI is InChI=1S/C22H41N7O7/c1-13(26-15(3)30)19(32)29-16(8-4-6-10-23)20(33)25-12-18(31)28-17(9-5-7-11-24)21(34)27-14(2)22(35)36/h13-14,16-17H,4-12,23-24H2,1-3H3,(H,25,33)(H,26,30)(H,27,34)(H,28,31)(H,29,32)(H,35,36)/t13-,14-,16-,17-/m0/s1. The van der Waals surface area contributed by atoms with Crippen molar-refractivity contribution in [2.45, 2.75) is 83.5 Å². The lowest BCUT2D eigenvalue weighted by Gasteiger charge is -2.22. The highest BCUT2D eigenvalue weighted by Gasteiger charge is 2.26. The summed E-state index contributed by atoms with van der Waals surface area (Å²) in [7, 11) is 0. The summed E-state index contributed by atoms with van der Waals surface area (Å²) < 4.78 is 0. The van der Waals surface area contributed by atoms with E-state index in [1.165, 1.54) is 20.8 Å². The van der Waals surface area contributed by atoms with E-state index in [2.05, 4.69) is 26.6 Å². The molecule has 4 atom stereocenters. The average molecular weight is 516 g/mol. The average Bonchev–Trinajstić information content (AvgIpc) is 2.80. The summed E-state index contributed by atoms with van der Waals surface area (Å²) in [6.45, 7) is 4.35. The van der Waals surface area contributed by atoms with Crippen LogP contribution < -0.4 is 38.1 Å². The number of rotatable bonds is 18. The maximum Gasteiger partial charge on any atom is 0.325 e. The van der Waals surface area contributed by atoms with Crippen LogP contribution in [0.3, 0.4) is 0 Å². The number of nitrogens with two attached hydrogens (primary N) is 2. The van der Waals surface area contributed by atoms with E-state index < -0.39 is 66.2 Å². The topological polar surface area (TPSA) is 235 Å². The number of amides is 5. The molecular formula is C22H41N7O7. The molecule has 0 aliphatic carbocycles. The van der Waals surface area contributed by atoms with Crippen molar-refractivity contribution in [3.8, 4) is 0 Å². The van der Waals surface area contributed by atoms with Gasteiger partial charge in [-0.25, -0.2) is 0 Å². The molecule has 0 spiro atoms. The van der Waals surface area contributed by atoms with Crippen LogP contribution in [0.15, 0.2) is 0 Å². The first-order valence-electron chi connectivity index (χ1n) is 12.0. The number of carbonyl (C=O) groups excluding carboxylic acids is 5. The first-order valence-corrected chi connectivity index (χ1v) is 12.0. The van der Waals surface area contributed by atoms with Gasteiger partial charge in [-0.15, -0.1) is 0 Å². The second kappa shape index (κ2) is 18.1. The summed E-state index contributed by atoms with van der Waals surface area (Å²) in [4.78, 5) is 72.1. The first-order chi connectivity index (χ1) is 16.9. The van der Waals surface area contributed by atoms with Gasteiger partial charge < -0.3 is 43.2 Å². The maximum absolute atomic E-state index is 12.7. The fraction of sp³-hybridized carbons (Fsp3) is 0.727. The maximum atomic E-state index is 12.7. The third-order valence-electron chi connectivity index (χ3n) is 5.14. The Labute approximate surface area is 211 Å². The normalized spacial score (nSPS) is 13.9. The largest absolute Gasteiger partial charge is 0.480 e. The van der Waals surface area contributed by atoms with Crippen molar-refractivity contribution in [1.82, 2.24) is 26.6 Å². The van der Waals surface area contributed by atoms with Gasteiger partial charge in [0.1, 0.15) is 24.2 Å². The lowest BCUT2D eigenvalue weighted by Crippen LogP contribution is -2.55. The van der Waals surface area contributed by atoms with E-state index >= 15 is 0 Å². The van der Waals surface area contributed by atoms with Gasteiger partial charge in [0, 0.05) is 6.92 Å². The number of carboxylic acids is 1. The highest BCUT2D eigenvalue weighted by atomic mass is 16.4. The summed E-state index contributed by atoms with van der Waals surface area (Å²) in [5.41, 5.74) is 11.0. The van der Waals surface area contributed by atoms with Gasteiger partial charge in [-0.2, -0.15) is 0 Å². The van der Waals surface area contributed by atoms with E-state index in [-0.39, 0.29) is 12.8 Å². The zero-order valence-corrected chi connectivity index (χ0v) is 21.2. The number of carbonyl (C=O) groups is 6. The van der Waals surface area contributed by atoms with E-state index in [9.17, 15) is 28.8 Å². The number of hydrogen-bond donors (Lipinski definition) is 8. The van der Waals surface area contributed by atoms with E-state index in [0.717, 1.165) is 0 Å². The van der Waals surface area contributed by atoms with Crippen molar-refractivity contribution in [2.75, 3.05) is 19.6 Å². The molecule has 0 heterocycles. The van der Waals surface area contributed by atoms with Crippen molar-refractivity contribution in [1.29, 1.82) is 0 Å². The lowest BCUT2D eigenvalue weighted by molar-refractivity contribution is -0.141. The molecule has 0 aromatic rings. The van der Waals surface area contributed by atoms with Gasteiger partial charge >= 0.3 is 5.97 Å². The van der Waals surface area contributed by atoms with Crippen LogP contribution in [0.1, 0.15) is 59.3 Å². The Morgan fingerprint density at radius 1 is 0.694 bits per heavy atom. The number of carboxylic acid groups (broad SMARTS) is 1. The van der Waals surface area contributed by atoms with Crippen molar-refractivity contribution >= 4 is 35.5 Å². The molecular weight excluding hydrogens is 474 g/mol. The molecule has 0 aromatic heterocycles. The monoisotopic (exact) mass is 515 g/mol. The Kier molecular flexibility index (Phi) is 16.4. The molecule has 0 aliphatic rings. The molecule has 206 valence electrons. The van der Waals surface area contributed by atoms with Gasteiger partial charge in [0.15, 0.2) is 0 Å². The fourth-order valence-electron chi connectivity index (χ4n) is 3.10. The quantitative estimate of drug-likeness (QED) is 0.0895. The third-order valence-corrected chi connectivity index (χ3v) is 5.14. The molecule has 0 aromatic carbocycles. The van der Waals surface area contributed by atoms with E-state index in [4.69, 9.17) is 16.6 Å². The summed E-state index contributed by atoms with van der Waals surface area (Å²) in [6, 6.07) is -3.99. The number of unbranched alkanes of at least 4 members (excludes halogenated alkanes) is 2. The van der Waals surface area contributed by atoms with Crippen LogP contribution in [0.25, 0.3) is 0 Å². The molecule has 0 radical (unpaired) electrons. The Hall–Kier alpha value is -3.26. The third kappa shape index (κ3) is 14.2. The Bertz CT molecular complexity index is 763. The molecule has 0 rings (SSSR count). The van der Waals surface area contributed by atoms with Gasteiger partial charge in [0.2, 0.25) is 29.5 Å². The van der Waals surface area contributed by atoms with E-state index in [1.54, 1.807) is 0 Å². The zero-order chi connectivity index (χ0) is 27.7. The molecule has 14 heteroatoms. The number of nitrogens with one attached hydrogen (secondary N) is 5. The van der Waals surface area contributed by atoms with E-state index in [1.807, 2.05) is 0 Å². The van der Waals surface area contributed by atoms with Crippen molar-refractivity contribution in [3.05, 3.63) is 0 Å². The summed E-state index contributed by atoms with van der Waals surface area (Å²) in [6.07, 6.45) is 2.78. The highest BCUT2D eigenvalue weighted by Crippen LogP contribution is 2.03. The SMILES string of the molecule is CC(=O)N[C@@H](C)C(=O)N[C@@H](CCCCN)C(=O)NCC(=O)N[C@@H](CCCCN)C(=O)N[C@@H](C)C(=O)O. The zero-order valence-electron chi connectivity index (χ0n) is 21.2. The van der Waals surface area contributed by atoms with Crippen molar-refractivity contribution < 1.29 is 33.9 Å². The molecule has 0 saturated carbocycles. The van der Waals surface area contributed by atoms with Gasteiger partial charge in [-0.1, -0.05) is 0 Å². The van der Waals surface area contributed by atoms with Crippen LogP contribution in [0.5, 0.6) is 0 Å². The fourth-order valence-corrected chi connectivity index (χ4v) is 3.10. The summed E-state index contributed by atoms with van der Waals surface area (Å²) in [5, 5.41) is 21.2. The van der Waals surface area contributed by atoms with Crippen LogP contribution in [-0.4, -0.2) is 84.4 Å². The first kappa shape index (κ1) is 32.7. The minimum absolute atomic E-state index is 0.230. The van der Waals surface area contributed by atoms with Crippen LogP contribution in [0.2, 0.25) is 0 Å². The molecule has 0 fully saturated rings. The van der Waals surface area contributed by atoms with E-state index in [0.29, 0.717) is 38.8 Å². The van der Waals surface area contributed by atoms with Gasteiger partial charge in [0.05, 0.1) is 6.54 Å². The smallest absolute Gasteiger partial charge is 0.325 e. The van der Waals surface area contributed by atoms with Crippen LogP contribution in [-0.2, 0) is 28.8 Å². The molecule has 0 unspecified atom stereocenters. The van der Waals surface area contributed by atoms with Crippen molar-refractivity contribution in [2.24, 2.45) is 11.5 Å². The van der Waals surface area contributed by atoms with Crippen LogP contribution in [0.4, 0.5) is 0 Å². The highest BCUT2D eigenvalue weighted by molar-refractivity contribution is 5.94. The Morgan fingerprint density at radius 2 is 1.22 bits per heavy atom. The minimum Gasteiger partial charge on any atom is -0.480 e. The second-order valence-electron chi connectivity index (χ2n) is 8.46. The van der Waals surface area contributed by atoms with Gasteiger partial charge in [0.25, 0.3) is 0 Å². The minimum atomic E-state index is -1.22. The summed E-state index contributed by atoms with van der Waals surface area (Å²) >= 11 is 0. The predicted molar refractivity (Wildman–Crippen MR) is 131 cm³/mol. The van der Waals surface area contributed by atoms with Crippen molar-refractivity contribution in [3.63, 3.8) is 0 Å². The second-order valence-corrected chi connectivity index (χ2v) is 8.46. The number of hydrogen-bond acceptors (Lipinski definition) is 8. The molecule has 0 aliphatic heterocycles. The predicted octanol–water partition coefficient (Wildman–Crippen LogP) is -2.56. The van der Waals surface area contributed by atoms with Gasteiger partial charge in [-0.3, -0.25) is 28.8 Å². The Morgan fingerprint density at radius 3 is 1.69 bits per heavy atom. The molecule has 0 saturated heterocycles. The molecule has 36 heavy (non-hydrogen) atoms. The van der Waals surface area contributed by atoms with Gasteiger partial charge in [-0.05, 0) is 65.5 Å². The Balaban J connectivity index is 5.10. The summed E-state index contributed by atoms with van der Waals surface area (Å²) in [5.74, 6) is -4.14. The van der Waals surface area contributed by atoms with Crippen LogP contribution >= 0.6 is 0 Å². The molecule has 0 bridgehead atoms. The number of aliphatic carboxylic acids is 1. The molecule has 10 N–H and O–H groups in total. The lowest BCUT2D eigenvalue weighted by atomic mass is 10.1. The molecule has 14 nitrogen and oxygen atoms in total.